The van der Waals surface area contributed by atoms with Crippen molar-refractivity contribution in [1.29, 1.82) is 0 Å². The summed E-state index contributed by atoms with van der Waals surface area (Å²) in [6.07, 6.45) is 3.17. The number of hydrogen-bond acceptors (Lipinski definition) is 5. The summed E-state index contributed by atoms with van der Waals surface area (Å²) >= 11 is 5.79. The average molecular weight is 403 g/mol. The summed E-state index contributed by atoms with van der Waals surface area (Å²) in [5.41, 5.74) is -0.0518. The second-order valence-corrected chi connectivity index (χ2v) is 8.55. The summed E-state index contributed by atoms with van der Waals surface area (Å²) < 4.78 is 28.1. The lowest BCUT2D eigenvalue weighted by Gasteiger charge is -2.30. The van der Waals surface area contributed by atoms with Crippen LogP contribution in [0.25, 0.3) is 0 Å². The molecule has 7 nitrogen and oxygen atoms in total. The van der Waals surface area contributed by atoms with E-state index in [0.29, 0.717) is 5.92 Å². The fraction of sp³-hybridized carbons (Fsp3) is 0.529. The van der Waals surface area contributed by atoms with Gasteiger partial charge in [0.2, 0.25) is 10.0 Å². The molecule has 0 heterocycles. The fourth-order valence-corrected chi connectivity index (χ4v) is 4.03. The molecular formula is C17H23ClN2O5S. The molecule has 1 fully saturated rings. The Morgan fingerprint density at radius 3 is 2.58 bits per heavy atom. The van der Waals surface area contributed by atoms with Gasteiger partial charge in [0.25, 0.3) is 5.91 Å². The van der Waals surface area contributed by atoms with E-state index in [1.54, 1.807) is 0 Å². The van der Waals surface area contributed by atoms with E-state index in [9.17, 15) is 18.0 Å². The number of primary sulfonamides is 1. The van der Waals surface area contributed by atoms with Crippen LogP contribution in [0.15, 0.2) is 23.1 Å². The molecule has 1 aromatic rings. The molecule has 1 aliphatic rings. The Bertz CT molecular complexity index is 796. The first-order chi connectivity index (χ1) is 12.1. The molecular weight excluding hydrogens is 380 g/mol. The number of benzene rings is 1. The molecule has 0 aromatic heterocycles. The maximum Gasteiger partial charge on any atom is 0.338 e. The first-order valence-corrected chi connectivity index (χ1v) is 10.4. The second-order valence-electron chi connectivity index (χ2n) is 6.61. The van der Waals surface area contributed by atoms with Gasteiger partial charge in [-0.15, -0.1) is 0 Å². The third-order valence-corrected chi connectivity index (χ3v) is 5.96. The van der Waals surface area contributed by atoms with Crippen molar-refractivity contribution in [3.05, 3.63) is 28.8 Å². The molecule has 0 saturated heterocycles. The molecule has 0 radical (unpaired) electrons. The van der Waals surface area contributed by atoms with Crippen molar-refractivity contribution >= 4 is 33.5 Å². The van der Waals surface area contributed by atoms with E-state index in [1.807, 2.05) is 0 Å². The topological polar surface area (TPSA) is 116 Å². The molecule has 0 spiro atoms. The lowest BCUT2D eigenvalue weighted by atomic mass is 9.86. The number of carbonyl (C=O) groups is 2. The monoisotopic (exact) mass is 402 g/mol. The minimum atomic E-state index is -4.08. The van der Waals surface area contributed by atoms with Gasteiger partial charge < -0.3 is 10.1 Å². The van der Waals surface area contributed by atoms with Gasteiger partial charge >= 0.3 is 5.97 Å². The standard InChI is InChI=1S/C17H23ClN2O5S/c1-10-5-3-4-6-14(10)20-16(21)11(2)25-17(22)12-7-8-13(18)15(9-12)26(19,23)24/h7-11,14H,3-6H2,1-2H3,(H,20,21)(H2,19,23,24)/t10-,11+,14+/m0/s1. The van der Waals surface area contributed by atoms with Crippen molar-refractivity contribution in [3.8, 4) is 0 Å². The van der Waals surface area contributed by atoms with Crippen molar-refractivity contribution in [2.75, 3.05) is 0 Å². The first kappa shape index (κ1) is 20.7. The van der Waals surface area contributed by atoms with E-state index in [0.717, 1.165) is 31.7 Å². The Hall–Kier alpha value is -1.64. The van der Waals surface area contributed by atoms with Crippen molar-refractivity contribution < 1.29 is 22.7 Å². The first-order valence-electron chi connectivity index (χ1n) is 8.43. The van der Waals surface area contributed by atoms with Crippen LogP contribution in [0, 0.1) is 5.92 Å². The smallest absolute Gasteiger partial charge is 0.338 e. The van der Waals surface area contributed by atoms with Crippen LogP contribution in [0.5, 0.6) is 0 Å². The highest BCUT2D eigenvalue weighted by atomic mass is 35.5. The largest absolute Gasteiger partial charge is 0.449 e. The SMILES string of the molecule is C[C@@H](OC(=O)c1ccc(Cl)c(S(N)(=O)=O)c1)C(=O)N[C@@H]1CCCC[C@@H]1C. The number of carbonyl (C=O) groups excluding carboxylic acids is 2. The van der Waals surface area contributed by atoms with Crippen molar-refractivity contribution in [2.45, 2.75) is 56.6 Å². The van der Waals surface area contributed by atoms with Gasteiger partial charge in [0, 0.05) is 6.04 Å². The molecule has 1 aromatic carbocycles. The van der Waals surface area contributed by atoms with Gasteiger partial charge in [-0.25, -0.2) is 18.4 Å². The number of nitrogens with two attached hydrogens (primary N) is 1. The molecule has 1 aliphatic carbocycles. The molecule has 0 bridgehead atoms. The van der Waals surface area contributed by atoms with Gasteiger partial charge in [-0.1, -0.05) is 31.4 Å². The van der Waals surface area contributed by atoms with Crippen molar-refractivity contribution in [2.24, 2.45) is 11.1 Å². The zero-order chi connectivity index (χ0) is 19.5. The Labute approximate surface area is 158 Å². The Morgan fingerprint density at radius 2 is 1.96 bits per heavy atom. The van der Waals surface area contributed by atoms with E-state index in [-0.39, 0.29) is 27.4 Å². The number of ether oxygens (including phenoxy) is 1. The summed E-state index contributed by atoms with van der Waals surface area (Å²) in [6.45, 7) is 3.56. The molecule has 144 valence electrons. The predicted molar refractivity (Wildman–Crippen MR) is 97.3 cm³/mol. The lowest BCUT2D eigenvalue weighted by molar-refractivity contribution is -0.130. The van der Waals surface area contributed by atoms with Crippen LogP contribution in [0.1, 0.15) is 49.9 Å². The quantitative estimate of drug-likeness (QED) is 0.732. The molecule has 3 N–H and O–H groups in total. The summed E-state index contributed by atoms with van der Waals surface area (Å²) in [7, 11) is -4.08. The van der Waals surface area contributed by atoms with Crippen LogP contribution in [0.3, 0.4) is 0 Å². The Morgan fingerprint density at radius 1 is 1.31 bits per heavy atom. The summed E-state index contributed by atoms with van der Waals surface area (Å²) in [6, 6.07) is 3.66. The number of rotatable bonds is 5. The van der Waals surface area contributed by atoms with Crippen LogP contribution in [-0.4, -0.2) is 32.4 Å². The van der Waals surface area contributed by atoms with E-state index in [1.165, 1.54) is 19.1 Å². The van der Waals surface area contributed by atoms with Crippen molar-refractivity contribution in [1.82, 2.24) is 5.32 Å². The third-order valence-electron chi connectivity index (χ3n) is 4.57. The number of halogens is 1. The summed E-state index contributed by atoms with van der Waals surface area (Å²) in [5.74, 6) is -0.826. The van der Waals surface area contributed by atoms with Gasteiger partial charge in [0.15, 0.2) is 6.10 Å². The van der Waals surface area contributed by atoms with Crippen LogP contribution in [-0.2, 0) is 19.6 Å². The van der Waals surface area contributed by atoms with Crippen LogP contribution in [0.2, 0.25) is 5.02 Å². The summed E-state index contributed by atoms with van der Waals surface area (Å²) in [4.78, 5) is 24.1. The molecule has 3 atom stereocenters. The molecule has 1 saturated carbocycles. The fourth-order valence-electron chi connectivity index (χ4n) is 2.96. The van der Waals surface area contributed by atoms with Gasteiger partial charge in [0.05, 0.1) is 10.6 Å². The molecule has 2 rings (SSSR count). The van der Waals surface area contributed by atoms with E-state index in [4.69, 9.17) is 21.5 Å². The predicted octanol–water partition coefficient (Wildman–Crippen LogP) is 2.23. The van der Waals surface area contributed by atoms with Crippen LogP contribution in [0.4, 0.5) is 0 Å². The minimum Gasteiger partial charge on any atom is -0.449 e. The normalized spacial score (nSPS) is 21.7. The van der Waals surface area contributed by atoms with Gasteiger partial charge in [-0.05, 0) is 43.9 Å². The number of hydrogen-bond donors (Lipinski definition) is 2. The highest BCUT2D eigenvalue weighted by Crippen LogP contribution is 2.24. The Kier molecular flexibility index (Phi) is 6.65. The summed E-state index contributed by atoms with van der Waals surface area (Å²) in [5, 5.41) is 7.89. The van der Waals surface area contributed by atoms with E-state index in [2.05, 4.69) is 12.2 Å². The minimum absolute atomic E-state index is 0.0518. The molecule has 0 aliphatic heterocycles. The van der Waals surface area contributed by atoms with Crippen molar-refractivity contribution in [3.63, 3.8) is 0 Å². The maximum atomic E-state index is 12.3. The van der Waals surface area contributed by atoms with Gasteiger partial charge in [-0.3, -0.25) is 4.79 Å². The highest BCUT2D eigenvalue weighted by Gasteiger charge is 2.27. The highest BCUT2D eigenvalue weighted by molar-refractivity contribution is 7.89. The van der Waals surface area contributed by atoms with Crippen LogP contribution >= 0.6 is 11.6 Å². The lowest BCUT2D eigenvalue weighted by Crippen LogP contribution is -2.46. The third kappa shape index (κ3) is 5.18. The molecule has 26 heavy (non-hydrogen) atoms. The molecule has 0 unspecified atom stereocenters. The average Bonchev–Trinajstić information content (AvgIpc) is 2.56. The zero-order valence-corrected chi connectivity index (χ0v) is 16.3. The molecule has 9 heteroatoms. The van der Waals surface area contributed by atoms with Crippen LogP contribution < -0.4 is 10.5 Å². The number of esters is 1. The van der Waals surface area contributed by atoms with E-state index < -0.39 is 22.1 Å². The number of sulfonamides is 1. The number of amides is 1. The molecule has 1 amide bonds. The zero-order valence-electron chi connectivity index (χ0n) is 14.7. The van der Waals surface area contributed by atoms with E-state index >= 15 is 0 Å². The Balaban J connectivity index is 2.03. The van der Waals surface area contributed by atoms with Gasteiger partial charge in [-0.2, -0.15) is 0 Å². The maximum absolute atomic E-state index is 12.3. The number of nitrogens with one attached hydrogen (secondary N) is 1. The van der Waals surface area contributed by atoms with Gasteiger partial charge in [0.1, 0.15) is 4.90 Å². The second kappa shape index (κ2) is 8.37.